The summed E-state index contributed by atoms with van der Waals surface area (Å²) in [4.78, 5) is 28.2. The van der Waals surface area contributed by atoms with Crippen molar-refractivity contribution in [1.82, 2.24) is 4.90 Å². The van der Waals surface area contributed by atoms with Crippen molar-refractivity contribution in [3.05, 3.63) is 106 Å². The largest absolute Gasteiger partial charge is 0.507 e. The molecule has 186 valence electrons. The Morgan fingerprint density at radius 1 is 0.944 bits per heavy atom. The van der Waals surface area contributed by atoms with Crippen LogP contribution in [0.25, 0.3) is 5.76 Å². The van der Waals surface area contributed by atoms with E-state index in [1.165, 1.54) is 0 Å². The van der Waals surface area contributed by atoms with Crippen LogP contribution in [0, 0.1) is 26.7 Å². The minimum atomic E-state index is -0.691. The van der Waals surface area contributed by atoms with Crippen LogP contribution in [0.5, 0.6) is 5.75 Å². The van der Waals surface area contributed by atoms with Crippen molar-refractivity contribution >= 4 is 17.4 Å². The highest BCUT2D eigenvalue weighted by molar-refractivity contribution is 6.46. The van der Waals surface area contributed by atoms with Crippen molar-refractivity contribution in [3.63, 3.8) is 0 Å². The summed E-state index contributed by atoms with van der Waals surface area (Å²) in [5, 5.41) is 11.3. The molecule has 5 heteroatoms. The van der Waals surface area contributed by atoms with Crippen LogP contribution >= 0.6 is 0 Å². The summed E-state index contributed by atoms with van der Waals surface area (Å²) in [7, 11) is 0. The van der Waals surface area contributed by atoms with Crippen LogP contribution in [0.3, 0.4) is 0 Å². The summed E-state index contributed by atoms with van der Waals surface area (Å²) in [6.45, 7) is 11.0. The van der Waals surface area contributed by atoms with Crippen LogP contribution in [0.1, 0.15) is 53.3 Å². The molecule has 0 aromatic heterocycles. The number of Topliss-reactive ketones (excluding diaryl/α,β-unsaturated/α-hetero) is 1. The molecule has 0 aliphatic carbocycles. The number of aliphatic hydroxyl groups excluding tert-OH is 1. The molecule has 1 amide bonds. The summed E-state index contributed by atoms with van der Waals surface area (Å²) in [5.41, 5.74) is 5.40. The standard InChI is InChI=1S/C31H33NO4/c1-19(2)18-36-26-13-10-23(11-14-26)17-32-28(24-8-6-7-20(3)15-24)27(30(34)31(32)35)29(33)25-12-9-21(4)22(5)16-25/h6-16,19,28,33H,17-18H2,1-5H3/b29-27-. The zero-order chi connectivity index (χ0) is 26.0. The summed E-state index contributed by atoms with van der Waals surface area (Å²) >= 11 is 0. The number of nitrogens with zero attached hydrogens (tertiary/aromatic N) is 1. The lowest BCUT2D eigenvalue weighted by Crippen LogP contribution is -2.29. The number of aryl methyl sites for hydroxylation is 3. The molecule has 0 bridgehead atoms. The van der Waals surface area contributed by atoms with E-state index >= 15 is 0 Å². The second-order valence-corrected chi connectivity index (χ2v) is 9.99. The SMILES string of the molecule is Cc1cccc(C2/C(=C(/O)c3ccc(C)c(C)c3)C(=O)C(=O)N2Cc2ccc(OCC(C)C)cc2)c1. The molecular weight excluding hydrogens is 450 g/mol. The summed E-state index contributed by atoms with van der Waals surface area (Å²) in [6, 6.07) is 20.2. The number of amides is 1. The van der Waals surface area contributed by atoms with Gasteiger partial charge >= 0.3 is 0 Å². The van der Waals surface area contributed by atoms with Crippen molar-refractivity contribution in [2.75, 3.05) is 6.61 Å². The third kappa shape index (κ3) is 5.20. The van der Waals surface area contributed by atoms with Gasteiger partial charge in [-0.1, -0.05) is 67.9 Å². The average Bonchev–Trinajstić information content (AvgIpc) is 3.09. The number of rotatable bonds is 7. The molecule has 1 aliphatic heterocycles. The molecule has 1 N–H and O–H groups in total. The van der Waals surface area contributed by atoms with E-state index in [2.05, 4.69) is 13.8 Å². The lowest BCUT2D eigenvalue weighted by Gasteiger charge is -2.26. The van der Waals surface area contributed by atoms with Crippen molar-refractivity contribution in [1.29, 1.82) is 0 Å². The van der Waals surface area contributed by atoms with E-state index in [0.29, 0.717) is 18.1 Å². The number of ether oxygens (including phenoxy) is 1. The van der Waals surface area contributed by atoms with Gasteiger partial charge in [-0.15, -0.1) is 0 Å². The number of likely N-dealkylation sites (tertiary alicyclic amines) is 1. The number of carbonyl (C=O) groups excluding carboxylic acids is 2. The number of carbonyl (C=O) groups is 2. The molecule has 1 unspecified atom stereocenters. The highest BCUT2D eigenvalue weighted by Gasteiger charge is 2.46. The van der Waals surface area contributed by atoms with Crippen LogP contribution in [0.15, 0.2) is 72.3 Å². The lowest BCUT2D eigenvalue weighted by atomic mass is 9.93. The lowest BCUT2D eigenvalue weighted by molar-refractivity contribution is -0.140. The van der Waals surface area contributed by atoms with Gasteiger partial charge in [0.25, 0.3) is 11.7 Å². The fourth-order valence-electron chi connectivity index (χ4n) is 4.42. The Labute approximate surface area is 213 Å². The molecule has 5 nitrogen and oxygen atoms in total. The van der Waals surface area contributed by atoms with Gasteiger partial charge in [-0.25, -0.2) is 0 Å². The van der Waals surface area contributed by atoms with Gasteiger partial charge in [-0.3, -0.25) is 9.59 Å². The van der Waals surface area contributed by atoms with E-state index in [1.54, 1.807) is 11.0 Å². The number of hydrogen-bond donors (Lipinski definition) is 1. The van der Waals surface area contributed by atoms with Crippen LogP contribution in [-0.4, -0.2) is 28.3 Å². The summed E-state index contributed by atoms with van der Waals surface area (Å²) in [5.74, 6) is -0.258. The average molecular weight is 484 g/mol. The molecule has 1 heterocycles. The third-order valence-corrected chi connectivity index (χ3v) is 6.54. The predicted octanol–water partition coefficient (Wildman–Crippen LogP) is 6.27. The zero-order valence-electron chi connectivity index (χ0n) is 21.5. The number of hydrogen-bond acceptors (Lipinski definition) is 4. The van der Waals surface area contributed by atoms with E-state index in [-0.39, 0.29) is 17.9 Å². The van der Waals surface area contributed by atoms with Gasteiger partial charge in [0, 0.05) is 12.1 Å². The second-order valence-electron chi connectivity index (χ2n) is 9.99. The Kier molecular flexibility index (Phi) is 7.30. The Hall–Kier alpha value is -3.86. The number of ketones is 1. The molecule has 1 saturated heterocycles. The molecule has 1 atom stereocenters. The smallest absolute Gasteiger partial charge is 0.295 e. The Bertz CT molecular complexity index is 1320. The van der Waals surface area contributed by atoms with Gasteiger partial charge in [-0.05, 0) is 67.1 Å². The van der Waals surface area contributed by atoms with Gasteiger partial charge in [0.05, 0.1) is 18.2 Å². The van der Waals surface area contributed by atoms with Gasteiger partial charge in [0.2, 0.25) is 0 Å². The fraction of sp³-hybridized carbons (Fsp3) is 0.290. The van der Waals surface area contributed by atoms with E-state index in [9.17, 15) is 14.7 Å². The molecule has 1 fully saturated rings. The summed E-state index contributed by atoms with van der Waals surface area (Å²) in [6.07, 6.45) is 0. The number of benzene rings is 3. The van der Waals surface area contributed by atoms with Gasteiger partial charge in [-0.2, -0.15) is 0 Å². The van der Waals surface area contributed by atoms with Crippen LogP contribution in [0.4, 0.5) is 0 Å². The van der Waals surface area contributed by atoms with Crippen molar-refractivity contribution in [2.24, 2.45) is 5.92 Å². The van der Waals surface area contributed by atoms with E-state index < -0.39 is 17.7 Å². The topological polar surface area (TPSA) is 66.8 Å². The molecule has 36 heavy (non-hydrogen) atoms. The molecule has 3 aromatic rings. The summed E-state index contributed by atoms with van der Waals surface area (Å²) < 4.78 is 5.77. The minimum Gasteiger partial charge on any atom is -0.507 e. The Balaban J connectivity index is 1.75. The van der Waals surface area contributed by atoms with E-state index in [4.69, 9.17) is 4.74 Å². The third-order valence-electron chi connectivity index (χ3n) is 6.54. The predicted molar refractivity (Wildman–Crippen MR) is 142 cm³/mol. The van der Waals surface area contributed by atoms with Crippen LogP contribution < -0.4 is 4.74 Å². The first kappa shape index (κ1) is 25.2. The van der Waals surface area contributed by atoms with Crippen LogP contribution in [-0.2, 0) is 16.1 Å². The first-order valence-electron chi connectivity index (χ1n) is 12.3. The normalized spacial score (nSPS) is 17.2. The maximum absolute atomic E-state index is 13.3. The molecule has 0 saturated carbocycles. The first-order chi connectivity index (χ1) is 17.2. The molecule has 3 aromatic carbocycles. The van der Waals surface area contributed by atoms with Crippen molar-refractivity contribution in [3.8, 4) is 5.75 Å². The second kappa shape index (κ2) is 10.4. The maximum atomic E-state index is 13.3. The quantitative estimate of drug-likeness (QED) is 0.244. The monoisotopic (exact) mass is 483 g/mol. The minimum absolute atomic E-state index is 0.116. The van der Waals surface area contributed by atoms with E-state index in [0.717, 1.165) is 33.6 Å². The molecular formula is C31H33NO4. The van der Waals surface area contributed by atoms with Gasteiger partial charge in [0.1, 0.15) is 11.5 Å². The van der Waals surface area contributed by atoms with E-state index in [1.807, 2.05) is 81.4 Å². The van der Waals surface area contributed by atoms with Crippen molar-refractivity contribution in [2.45, 2.75) is 47.2 Å². The highest BCUT2D eigenvalue weighted by atomic mass is 16.5. The first-order valence-corrected chi connectivity index (χ1v) is 12.3. The van der Waals surface area contributed by atoms with Crippen molar-refractivity contribution < 1.29 is 19.4 Å². The maximum Gasteiger partial charge on any atom is 0.295 e. The molecule has 0 spiro atoms. The van der Waals surface area contributed by atoms with Crippen LogP contribution in [0.2, 0.25) is 0 Å². The molecule has 1 aliphatic rings. The van der Waals surface area contributed by atoms with Gasteiger partial charge in [0.15, 0.2) is 0 Å². The molecule has 4 rings (SSSR count). The highest BCUT2D eigenvalue weighted by Crippen LogP contribution is 2.40. The Morgan fingerprint density at radius 2 is 1.67 bits per heavy atom. The van der Waals surface area contributed by atoms with Gasteiger partial charge < -0.3 is 14.7 Å². The molecule has 0 radical (unpaired) electrons. The fourth-order valence-corrected chi connectivity index (χ4v) is 4.42. The Morgan fingerprint density at radius 3 is 2.31 bits per heavy atom. The number of aliphatic hydroxyl groups is 1. The zero-order valence-corrected chi connectivity index (χ0v) is 21.5.